The first-order chi connectivity index (χ1) is 8.34. The fourth-order valence-electron chi connectivity index (χ4n) is 2.25. The molecule has 1 atom stereocenters. The van der Waals surface area contributed by atoms with Gasteiger partial charge in [-0.2, -0.15) is 0 Å². The fraction of sp³-hybridized carbons (Fsp3) is 0.500. The number of piperazine rings is 1. The van der Waals surface area contributed by atoms with Crippen molar-refractivity contribution < 1.29 is 9.47 Å². The van der Waals surface area contributed by atoms with E-state index in [1.807, 2.05) is 12.1 Å². The molecule has 92 valence electrons. The maximum absolute atomic E-state index is 5.77. The minimum atomic E-state index is -0.369. The molecule has 0 amide bonds. The number of fused-ring (bicyclic) bond motifs is 1. The van der Waals surface area contributed by atoms with Gasteiger partial charge in [0.25, 0.3) is 0 Å². The molecule has 5 nitrogen and oxygen atoms in total. The molecular weight excluding hydrogens is 218 g/mol. The molecule has 0 aromatic heterocycles. The Morgan fingerprint density at radius 3 is 2.94 bits per heavy atom. The summed E-state index contributed by atoms with van der Waals surface area (Å²) in [7, 11) is 0. The van der Waals surface area contributed by atoms with Gasteiger partial charge in [-0.25, -0.2) is 0 Å². The van der Waals surface area contributed by atoms with Crippen LogP contribution in [0.1, 0.15) is 0 Å². The second kappa shape index (κ2) is 4.43. The molecule has 2 aliphatic heterocycles. The van der Waals surface area contributed by atoms with E-state index in [1.165, 1.54) is 0 Å². The van der Waals surface area contributed by atoms with Crippen LogP contribution in [-0.2, 0) is 0 Å². The van der Waals surface area contributed by atoms with Crippen molar-refractivity contribution in [1.29, 1.82) is 0 Å². The Morgan fingerprint density at radius 1 is 1.29 bits per heavy atom. The molecule has 1 aromatic rings. The summed E-state index contributed by atoms with van der Waals surface area (Å²) in [6.45, 7) is 4.37. The number of hydrogen-bond donors (Lipinski definition) is 2. The standard InChI is InChI=1S/C12H17N3O2/c13-11-8-16-10-3-1-2-9(12(10)17-11)15-6-4-14-5-7-15/h1-3,11,14H,4-8,13H2. The van der Waals surface area contributed by atoms with Crippen LogP contribution in [0.3, 0.4) is 0 Å². The highest BCUT2D eigenvalue weighted by molar-refractivity contribution is 5.65. The average molecular weight is 235 g/mol. The van der Waals surface area contributed by atoms with Gasteiger partial charge >= 0.3 is 0 Å². The van der Waals surface area contributed by atoms with Crippen molar-refractivity contribution in [3.05, 3.63) is 18.2 Å². The van der Waals surface area contributed by atoms with E-state index in [-0.39, 0.29) is 6.23 Å². The van der Waals surface area contributed by atoms with Crippen LogP contribution in [0.5, 0.6) is 11.5 Å². The van der Waals surface area contributed by atoms with Crippen LogP contribution >= 0.6 is 0 Å². The van der Waals surface area contributed by atoms with Gasteiger partial charge < -0.3 is 19.7 Å². The SMILES string of the molecule is NC1COc2cccc(N3CCNCC3)c2O1. The van der Waals surface area contributed by atoms with Crippen molar-refractivity contribution in [3.8, 4) is 11.5 Å². The quantitative estimate of drug-likeness (QED) is 0.725. The molecule has 0 saturated carbocycles. The molecule has 17 heavy (non-hydrogen) atoms. The maximum atomic E-state index is 5.77. The molecular formula is C12H17N3O2. The zero-order valence-corrected chi connectivity index (χ0v) is 9.69. The van der Waals surface area contributed by atoms with E-state index in [4.69, 9.17) is 15.2 Å². The summed E-state index contributed by atoms with van der Waals surface area (Å²) in [6, 6.07) is 5.98. The fourth-order valence-corrected chi connectivity index (χ4v) is 2.25. The number of nitrogens with one attached hydrogen (secondary N) is 1. The summed E-state index contributed by atoms with van der Waals surface area (Å²) in [5.74, 6) is 1.58. The third kappa shape index (κ3) is 2.03. The van der Waals surface area contributed by atoms with Gasteiger partial charge in [-0.1, -0.05) is 6.07 Å². The van der Waals surface area contributed by atoms with Gasteiger partial charge in [0.2, 0.25) is 0 Å². The van der Waals surface area contributed by atoms with Gasteiger partial charge in [-0.05, 0) is 12.1 Å². The third-order valence-electron chi connectivity index (χ3n) is 3.09. The van der Waals surface area contributed by atoms with Gasteiger partial charge in [0.05, 0.1) is 5.69 Å². The molecule has 1 fully saturated rings. The number of nitrogens with zero attached hydrogens (tertiary/aromatic N) is 1. The van der Waals surface area contributed by atoms with E-state index in [1.54, 1.807) is 0 Å². The zero-order valence-electron chi connectivity index (χ0n) is 9.69. The first-order valence-electron chi connectivity index (χ1n) is 5.98. The summed E-state index contributed by atoms with van der Waals surface area (Å²) < 4.78 is 11.3. The van der Waals surface area contributed by atoms with E-state index >= 15 is 0 Å². The van der Waals surface area contributed by atoms with Crippen LogP contribution in [0.2, 0.25) is 0 Å². The van der Waals surface area contributed by atoms with Crippen molar-refractivity contribution >= 4 is 5.69 Å². The van der Waals surface area contributed by atoms with Crippen LogP contribution < -0.4 is 25.4 Å². The molecule has 1 saturated heterocycles. The lowest BCUT2D eigenvalue weighted by Crippen LogP contribution is -2.44. The molecule has 1 unspecified atom stereocenters. The largest absolute Gasteiger partial charge is 0.484 e. The highest BCUT2D eigenvalue weighted by Crippen LogP contribution is 2.40. The summed E-state index contributed by atoms with van der Waals surface area (Å²) in [5.41, 5.74) is 6.85. The van der Waals surface area contributed by atoms with Gasteiger partial charge in [0, 0.05) is 26.2 Å². The third-order valence-corrected chi connectivity index (χ3v) is 3.09. The van der Waals surface area contributed by atoms with Gasteiger partial charge in [-0.15, -0.1) is 0 Å². The number of hydrogen-bond acceptors (Lipinski definition) is 5. The predicted octanol–water partition coefficient (Wildman–Crippen LogP) is 0.152. The molecule has 2 aliphatic rings. The maximum Gasteiger partial charge on any atom is 0.187 e. The Bertz CT molecular complexity index is 405. The van der Waals surface area contributed by atoms with Crippen LogP contribution in [-0.4, -0.2) is 39.0 Å². The molecule has 3 rings (SSSR count). The Kier molecular flexibility index (Phi) is 2.78. The molecule has 3 N–H and O–H groups in total. The average Bonchev–Trinajstić information content (AvgIpc) is 2.39. The van der Waals surface area contributed by atoms with Crippen molar-refractivity contribution in [1.82, 2.24) is 5.32 Å². The highest BCUT2D eigenvalue weighted by atomic mass is 16.6. The van der Waals surface area contributed by atoms with Gasteiger partial charge in [0.1, 0.15) is 6.61 Å². The molecule has 5 heteroatoms. The summed E-state index contributed by atoms with van der Waals surface area (Å²) >= 11 is 0. The summed E-state index contributed by atoms with van der Waals surface area (Å²) in [5, 5.41) is 3.33. The number of benzene rings is 1. The van der Waals surface area contributed by atoms with E-state index in [2.05, 4.69) is 16.3 Å². The van der Waals surface area contributed by atoms with Crippen LogP contribution in [0.15, 0.2) is 18.2 Å². The van der Waals surface area contributed by atoms with Crippen molar-refractivity contribution in [2.75, 3.05) is 37.7 Å². The number of anilines is 1. The monoisotopic (exact) mass is 235 g/mol. The first kappa shape index (κ1) is 10.7. The lowest BCUT2D eigenvalue weighted by Gasteiger charge is -2.33. The van der Waals surface area contributed by atoms with Gasteiger partial charge in [0.15, 0.2) is 17.7 Å². The highest BCUT2D eigenvalue weighted by Gasteiger charge is 2.24. The second-order valence-electron chi connectivity index (χ2n) is 4.31. The lowest BCUT2D eigenvalue weighted by atomic mass is 10.2. The number of para-hydroxylation sites is 1. The predicted molar refractivity (Wildman–Crippen MR) is 65.6 cm³/mol. The van der Waals surface area contributed by atoms with E-state index < -0.39 is 0 Å². The van der Waals surface area contributed by atoms with Crippen molar-refractivity contribution in [2.24, 2.45) is 5.73 Å². The van der Waals surface area contributed by atoms with Crippen LogP contribution in [0, 0.1) is 0 Å². The van der Waals surface area contributed by atoms with Crippen LogP contribution in [0.4, 0.5) is 5.69 Å². The Morgan fingerprint density at radius 2 is 2.12 bits per heavy atom. The normalized spacial score (nSPS) is 23.6. The van der Waals surface area contributed by atoms with Crippen molar-refractivity contribution in [3.63, 3.8) is 0 Å². The van der Waals surface area contributed by atoms with E-state index in [0.717, 1.165) is 43.4 Å². The smallest absolute Gasteiger partial charge is 0.187 e. The second-order valence-corrected chi connectivity index (χ2v) is 4.31. The minimum absolute atomic E-state index is 0.369. The Labute approximate surface area is 100 Å². The minimum Gasteiger partial charge on any atom is -0.484 e. The number of ether oxygens (including phenoxy) is 2. The summed E-state index contributed by atoms with van der Waals surface area (Å²) in [6.07, 6.45) is -0.369. The van der Waals surface area contributed by atoms with Crippen molar-refractivity contribution in [2.45, 2.75) is 6.23 Å². The van der Waals surface area contributed by atoms with Crippen LogP contribution in [0.25, 0.3) is 0 Å². The van der Waals surface area contributed by atoms with E-state index in [9.17, 15) is 0 Å². The Hall–Kier alpha value is -1.46. The molecule has 0 aliphatic carbocycles. The van der Waals surface area contributed by atoms with Gasteiger partial charge in [-0.3, -0.25) is 5.73 Å². The number of rotatable bonds is 1. The number of nitrogens with two attached hydrogens (primary N) is 1. The molecule has 0 spiro atoms. The zero-order chi connectivity index (χ0) is 11.7. The topological polar surface area (TPSA) is 59.8 Å². The molecule has 2 heterocycles. The molecule has 1 aromatic carbocycles. The molecule has 0 bridgehead atoms. The first-order valence-corrected chi connectivity index (χ1v) is 5.98. The summed E-state index contributed by atoms with van der Waals surface area (Å²) in [4.78, 5) is 2.30. The van der Waals surface area contributed by atoms with E-state index in [0.29, 0.717) is 6.61 Å². The molecule has 0 radical (unpaired) electrons. The lowest BCUT2D eigenvalue weighted by molar-refractivity contribution is 0.0962. The Balaban J connectivity index is 1.93.